The maximum Gasteiger partial charge on any atom is 0.324 e. The van der Waals surface area contributed by atoms with E-state index in [1.54, 1.807) is 11.9 Å². The van der Waals surface area contributed by atoms with Gasteiger partial charge in [0, 0.05) is 25.6 Å². The summed E-state index contributed by atoms with van der Waals surface area (Å²) in [5, 5.41) is 23.8. The summed E-state index contributed by atoms with van der Waals surface area (Å²) in [6.07, 6.45) is 6.81. The summed E-state index contributed by atoms with van der Waals surface area (Å²) in [4.78, 5) is 61.4. The minimum atomic E-state index is -0.968. The number of carboxylic acids is 1. The molecule has 13 heteroatoms. The van der Waals surface area contributed by atoms with E-state index in [0.29, 0.717) is 64.2 Å². The van der Waals surface area contributed by atoms with Crippen molar-refractivity contribution in [1.29, 1.82) is 0 Å². The Balaban J connectivity index is 0.000000535. The summed E-state index contributed by atoms with van der Waals surface area (Å²) in [6, 6.07) is 18.8. The molecule has 1 aliphatic heterocycles. The van der Waals surface area contributed by atoms with Gasteiger partial charge in [-0.2, -0.15) is 0 Å². The normalized spacial score (nSPS) is 14.8. The first-order valence-electron chi connectivity index (χ1n) is 19.8. The van der Waals surface area contributed by atoms with Crippen molar-refractivity contribution in [2.75, 3.05) is 39.8 Å². The molecule has 4 amide bonds. The van der Waals surface area contributed by atoms with Gasteiger partial charge in [0.15, 0.2) is 0 Å². The number of piperidine rings is 1. The lowest BCUT2D eigenvalue weighted by molar-refractivity contribution is -0.149. The summed E-state index contributed by atoms with van der Waals surface area (Å²) in [5.41, 5.74) is 6.71. The van der Waals surface area contributed by atoms with E-state index < -0.39 is 23.6 Å². The Morgan fingerprint density at radius 1 is 0.891 bits per heavy atom. The van der Waals surface area contributed by atoms with Gasteiger partial charge in [-0.3, -0.25) is 24.0 Å². The van der Waals surface area contributed by atoms with Crippen LogP contribution in [0.2, 0.25) is 0 Å². The first kappa shape index (κ1) is 48.7. The Morgan fingerprint density at radius 2 is 1.47 bits per heavy atom. The molecule has 2 aromatic carbocycles. The maximum atomic E-state index is 12.8. The highest BCUT2D eigenvalue weighted by molar-refractivity contribution is 5.88. The van der Waals surface area contributed by atoms with Gasteiger partial charge in [0.1, 0.15) is 17.6 Å². The zero-order valence-electron chi connectivity index (χ0n) is 34.1. The Hall–Kier alpha value is -4.33. The smallest absolute Gasteiger partial charge is 0.324 e. The van der Waals surface area contributed by atoms with Gasteiger partial charge in [-0.25, -0.2) is 0 Å². The van der Waals surface area contributed by atoms with Crippen molar-refractivity contribution >= 4 is 30.1 Å². The van der Waals surface area contributed by atoms with E-state index in [2.05, 4.69) is 66.4 Å². The first-order chi connectivity index (χ1) is 26.4. The largest absolute Gasteiger partial charge is 0.480 e. The SMILES string of the molecule is CC(C)C[C@H](C)NC(=O)C(Cc1ccccc1)NC(=O)CNCCc1ccccc1.CCC.CNC1(C(=O)O)CCN(C(=O)C(CCCCN)NC=O)CC1. The fraction of sp³-hybridized carbons (Fsp3) is 0.595. The summed E-state index contributed by atoms with van der Waals surface area (Å²) in [7, 11) is 1.62. The van der Waals surface area contributed by atoms with Gasteiger partial charge in [0.05, 0.1) is 6.54 Å². The fourth-order valence-corrected chi connectivity index (χ4v) is 6.25. The number of rotatable bonds is 21. The molecule has 2 aromatic rings. The van der Waals surface area contributed by atoms with E-state index in [0.717, 1.165) is 31.2 Å². The van der Waals surface area contributed by atoms with E-state index in [9.17, 15) is 29.1 Å². The van der Waals surface area contributed by atoms with Gasteiger partial charge >= 0.3 is 5.97 Å². The zero-order valence-corrected chi connectivity index (χ0v) is 34.1. The van der Waals surface area contributed by atoms with Crippen molar-refractivity contribution in [2.24, 2.45) is 11.7 Å². The Morgan fingerprint density at radius 3 is 1.98 bits per heavy atom. The van der Waals surface area contributed by atoms with Crippen LogP contribution in [0.1, 0.15) is 90.7 Å². The average molecular weight is 768 g/mol. The van der Waals surface area contributed by atoms with Crippen LogP contribution in [0, 0.1) is 5.92 Å². The summed E-state index contributed by atoms with van der Waals surface area (Å²) in [5.74, 6) is -0.858. The van der Waals surface area contributed by atoms with Gasteiger partial charge in [-0.1, -0.05) is 94.8 Å². The zero-order chi connectivity index (χ0) is 41.1. The average Bonchev–Trinajstić information content (AvgIpc) is 3.16. The monoisotopic (exact) mass is 768 g/mol. The predicted octanol–water partition coefficient (Wildman–Crippen LogP) is 3.41. The minimum Gasteiger partial charge on any atom is -0.480 e. The summed E-state index contributed by atoms with van der Waals surface area (Å²) >= 11 is 0. The highest BCUT2D eigenvalue weighted by Gasteiger charge is 2.41. The summed E-state index contributed by atoms with van der Waals surface area (Å²) in [6.45, 7) is 12.7. The van der Waals surface area contributed by atoms with Crippen LogP contribution in [-0.2, 0) is 36.8 Å². The molecule has 3 atom stereocenters. The molecular formula is C42H69N7O6. The van der Waals surface area contributed by atoms with E-state index in [-0.39, 0.29) is 30.3 Å². The molecule has 13 nitrogen and oxygen atoms in total. The van der Waals surface area contributed by atoms with Crippen molar-refractivity contribution in [3.8, 4) is 0 Å². The van der Waals surface area contributed by atoms with Gasteiger partial charge in [0.2, 0.25) is 24.1 Å². The number of carbonyl (C=O) groups excluding carboxylic acids is 4. The van der Waals surface area contributed by atoms with E-state index >= 15 is 0 Å². The van der Waals surface area contributed by atoms with Crippen LogP contribution >= 0.6 is 0 Å². The standard InChI is InChI=1S/C25H35N3O2.C14H26N4O4.C3H8/c1-19(2)16-20(3)27-25(30)23(17-22-12-8-5-9-13-22)28-24(29)18-26-15-14-21-10-6-4-7-11-21;1-16-14(13(21)22)5-8-18(9-6-14)12(20)11(17-10-19)4-2-3-7-15;1-3-2/h4-13,19-20,23,26H,14-18H2,1-3H3,(H,27,30)(H,28,29);10-11,16H,2-9,15H2,1H3,(H,17,19)(H,21,22);3H2,1-2H3/t20-,23?;;/m0../s1. The second-order valence-corrected chi connectivity index (χ2v) is 14.6. The predicted molar refractivity (Wildman–Crippen MR) is 219 cm³/mol. The number of nitrogens with two attached hydrogens (primary N) is 1. The number of aliphatic carboxylic acids is 1. The number of amides is 4. The molecule has 1 aliphatic rings. The molecule has 55 heavy (non-hydrogen) atoms. The molecule has 3 rings (SSSR count). The Labute approximate surface area is 329 Å². The van der Waals surface area contributed by atoms with Crippen LogP contribution in [-0.4, -0.2) is 104 Å². The third kappa shape index (κ3) is 19.7. The van der Waals surface area contributed by atoms with Gasteiger partial charge in [0.25, 0.3) is 0 Å². The van der Waals surface area contributed by atoms with Crippen molar-refractivity contribution in [3.05, 3.63) is 71.8 Å². The fourth-order valence-electron chi connectivity index (χ4n) is 6.25. The molecule has 8 N–H and O–H groups in total. The number of carboxylic acid groups (broad SMARTS) is 1. The Kier molecular flexibility index (Phi) is 24.9. The van der Waals surface area contributed by atoms with Crippen molar-refractivity contribution < 1.29 is 29.1 Å². The van der Waals surface area contributed by atoms with Gasteiger partial charge < -0.3 is 42.3 Å². The number of unbranched alkanes of at least 4 members (excludes halogenated alkanes) is 1. The lowest BCUT2D eigenvalue weighted by Gasteiger charge is -2.39. The van der Waals surface area contributed by atoms with Crippen LogP contribution in [0.15, 0.2) is 60.7 Å². The second-order valence-electron chi connectivity index (χ2n) is 14.6. The number of carbonyl (C=O) groups is 5. The number of nitrogens with one attached hydrogen (secondary N) is 5. The molecule has 1 heterocycles. The van der Waals surface area contributed by atoms with Crippen LogP contribution in [0.3, 0.4) is 0 Å². The van der Waals surface area contributed by atoms with E-state index in [1.165, 1.54) is 12.0 Å². The first-order valence-corrected chi connectivity index (χ1v) is 19.8. The quantitative estimate of drug-likeness (QED) is 0.0736. The lowest BCUT2D eigenvalue weighted by atomic mass is 9.87. The van der Waals surface area contributed by atoms with Crippen LogP contribution in [0.4, 0.5) is 0 Å². The van der Waals surface area contributed by atoms with Crippen molar-refractivity contribution in [2.45, 2.75) is 116 Å². The minimum absolute atomic E-state index is 0.0664. The van der Waals surface area contributed by atoms with Crippen molar-refractivity contribution in [1.82, 2.24) is 31.5 Å². The van der Waals surface area contributed by atoms with Gasteiger partial charge in [-0.15, -0.1) is 0 Å². The molecule has 308 valence electrons. The van der Waals surface area contributed by atoms with Crippen LogP contribution < -0.4 is 32.3 Å². The molecule has 0 bridgehead atoms. The van der Waals surface area contributed by atoms with E-state index in [1.807, 2.05) is 55.5 Å². The Bertz CT molecular complexity index is 1370. The summed E-state index contributed by atoms with van der Waals surface area (Å²) < 4.78 is 0. The molecular weight excluding hydrogens is 699 g/mol. The molecule has 1 saturated heterocycles. The lowest BCUT2D eigenvalue weighted by Crippen LogP contribution is -2.59. The molecule has 0 radical (unpaired) electrons. The number of likely N-dealkylation sites (tertiary alicyclic amines) is 1. The number of hydrogen-bond acceptors (Lipinski definition) is 8. The van der Waals surface area contributed by atoms with Crippen LogP contribution in [0.5, 0.6) is 0 Å². The third-order valence-electron chi connectivity index (χ3n) is 9.20. The third-order valence-corrected chi connectivity index (χ3v) is 9.20. The molecule has 0 saturated carbocycles. The van der Waals surface area contributed by atoms with Gasteiger partial charge in [-0.05, 0) is 89.1 Å². The highest BCUT2D eigenvalue weighted by atomic mass is 16.4. The number of hydrogen-bond donors (Lipinski definition) is 7. The highest BCUT2D eigenvalue weighted by Crippen LogP contribution is 2.23. The van der Waals surface area contributed by atoms with Crippen LogP contribution in [0.25, 0.3) is 0 Å². The second kappa shape index (κ2) is 28.1. The molecule has 2 unspecified atom stereocenters. The molecule has 0 aliphatic carbocycles. The maximum absolute atomic E-state index is 12.8. The number of likely N-dealkylation sites (N-methyl/N-ethyl adjacent to an activating group) is 1. The van der Waals surface area contributed by atoms with Crippen molar-refractivity contribution in [3.63, 3.8) is 0 Å². The van der Waals surface area contributed by atoms with E-state index in [4.69, 9.17) is 5.73 Å². The molecule has 0 aromatic heterocycles. The number of benzene rings is 2. The topological polar surface area (TPSA) is 195 Å². The molecule has 0 spiro atoms. The molecule has 1 fully saturated rings. The number of nitrogens with zero attached hydrogens (tertiary/aromatic N) is 1.